The Morgan fingerprint density at radius 1 is 0.600 bits per heavy atom. The smallest absolute Gasteiger partial charge is 0.0933 e. The number of hydrogen-bond acceptors (Lipinski definition) is 4. The molecule has 20 heavy (non-hydrogen) atoms. The van der Waals surface area contributed by atoms with Crippen molar-refractivity contribution in [1.82, 2.24) is 11.0 Å². The van der Waals surface area contributed by atoms with Crippen molar-refractivity contribution < 1.29 is 9.68 Å². The van der Waals surface area contributed by atoms with Gasteiger partial charge in [-0.25, -0.2) is 11.0 Å². The summed E-state index contributed by atoms with van der Waals surface area (Å²) in [6, 6.07) is 20.1. The van der Waals surface area contributed by atoms with E-state index in [0.717, 1.165) is 11.1 Å². The van der Waals surface area contributed by atoms with Crippen LogP contribution in [0.2, 0.25) is 0 Å². The lowest BCUT2D eigenvalue weighted by atomic mass is 10.2. The van der Waals surface area contributed by atoms with Crippen molar-refractivity contribution in [3.63, 3.8) is 0 Å². The Morgan fingerprint density at radius 3 is 1.40 bits per heavy atom. The lowest BCUT2D eigenvalue weighted by Gasteiger charge is -2.08. The number of nitrogens with one attached hydrogen (secondary N) is 2. The van der Waals surface area contributed by atoms with Gasteiger partial charge in [-0.15, -0.1) is 0 Å². The second-order valence-electron chi connectivity index (χ2n) is 4.34. The van der Waals surface area contributed by atoms with Crippen molar-refractivity contribution in [1.29, 1.82) is 0 Å². The van der Waals surface area contributed by atoms with E-state index in [2.05, 4.69) is 11.0 Å². The molecule has 0 saturated carbocycles. The molecule has 0 fully saturated rings. The van der Waals surface area contributed by atoms with E-state index in [9.17, 15) is 0 Å². The lowest BCUT2D eigenvalue weighted by molar-refractivity contribution is -0.0000324. The first-order valence-electron chi connectivity index (χ1n) is 6.72. The van der Waals surface area contributed by atoms with E-state index >= 15 is 0 Å². The van der Waals surface area contributed by atoms with Crippen molar-refractivity contribution in [3.05, 3.63) is 71.8 Å². The van der Waals surface area contributed by atoms with Crippen LogP contribution in [0, 0.1) is 0 Å². The molecule has 0 amide bonds. The first kappa shape index (κ1) is 14.7. The molecule has 0 aliphatic carbocycles. The van der Waals surface area contributed by atoms with E-state index < -0.39 is 0 Å². The van der Waals surface area contributed by atoms with E-state index in [0.29, 0.717) is 26.3 Å². The molecule has 2 aromatic rings. The fraction of sp³-hybridized carbons (Fsp3) is 0.250. The minimum Gasteiger partial charge on any atom is -0.297 e. The first-order chi connectivity index (χ1) is 9.95. The van der Waals surface area contributed by atoms with Gasteiger partial charge in [0.1, 0.15) is 0 Å². The highest BCUT2D eigenvalue weighted by molar-refractivity contribution is 5.13. The number of hydrogen-bond donors (Lipinski definition) is 2. The average molecular weight is 272 g/mol. The minimum atomic E-state index is 0.561. The molecule has 0 atom stereocenters. The molecule has 0 bridgehead atoms. The molecule has 0 unspecified atom stereocenters. The third-order valence-corrected chi connectivity index (χ3v) is 2.70. The zero-order valence-electron chi connectivity index (χ0n) is 11.4. The van der Waals surface area contributed by atoms with Crippen LogP contribution < -0.4 is 11.0 Å². The Morgan fingerprint density at radius 2 is 1.00 bits per heavy atom. The molecule has 0 aromatic heterocycles. The van der Waals surface area contributed by atoms with Crippen LogP contribution in [0.4, 0.5) is 0 Å². The van der Waals surface area contributed by atoms with Crippen LogP contribution in [-0.4, -0.2) is 13.1 Å². The number of hydroxylamine groups is 2. The zero-order valence-corrected chi connectivity index (χ0v) is 11.4. The van der Waals surface area contributed by atoms with Crippen LogP contribution in [0.3, 0.4) is 0 Å². The summed E-state index contributed by atoms with van der Waals surface area (Å²) >= 11 is 0. The quantitative estimate of drug-likeness (QED) is 0.543. The van der Waals surface area contributed by atoms with Gasteiger partial charge in [0.15, 0.2) is 0 Å². The highest BCUT2D eigenvalue weighted by Crippen LogP contribution is 1.99. The molecule has 0 saturated heterocycles. The topological polar surface area (TPSA) is 42.5 Å². The monoisotopic (exact) mass is 272 g/mol. The average Bonchev–Trinajstić information content (AvgIpc) is 2.52. The Kier molecular flexibility index (Phi) is 6.77. The standard InChI is InChI=1S/C16H20N2O2/c1-3-7-15(8-4-1)13-19-17-11-12-18-20-14-16-9-5-2-6-10-16/h1-10,17-18H,11-14H2. The third-order valence-electron chi connectivity index (χ3n) is 2.70. The molecule has 0 aliphatic rings. The van der Waals surface area contributed by atoms with Gasteiger partial charge in [-0.05, 0) is 11.1 Å². The van der Waals surface area contributed by atoms with Gasteiger partial charge in [0, 0.05) is 13.1 Å². The largest absolute Gasteiger partial charge is 0.297 e. The molecule has 0 heterocycles. The highest BCUT2D eigenvalue weighted by Gasteiger charge is 1.93. The fourth-order valence-electron chi connectivity index (χ4n) is 1.66. The van der Waals surface area contributed by atoms with Crippen LogP contribution in [0.25, 0.3) is 0 Å². The molecule has 0 radical (unpaired) electrons. The predicted octanol–water partition coefficient (Wildman–Crippen LogP) is 2.43. The maximum absolute atomic E-state index is 5.34. The molecule has 0 spiro atoms. The van der Waals surface area contributed by atoms with Crippen molar-refractivity contribution in [2.45, 2.75) is 13.2 Å². The van der Waals surface area contributed by atoms with Crippen LogP contribution in [0.5, 0.6) is 0 Å². The van der Waals surface area contributed by atoms with Crippen LogP contribution in [0.1, 0.15) is 11.1 Å². The Hall–Kier alpha value is -1.72. The highest BCUT2D eigenvalue weighted by atomic mass is 16.7. The lowest BCUT2D eigenvalue weighted by Crippen LogP contribution is -2.27. The second-order valence-corrected chi connectivity index (χ2v) is 4.34. The zero-order chi connectivity index (χ0) is 13.9. The summed E-state index contributed by atoms with van der Waals surface area (Å²) in [5, 5.41) is 0. The van der Waals surface area contributed by atoms with Gasteiger partial charge in [-0.3, -0.25) is 9.68 Å². The van der Waals surface area contributed by atoms with Gasteiger partial charge in [0.2, 0.25) is 0 Å². The van der Waals surface area contributed by atoms with Gasteiger partial charge < -0.3 is 0 Å². The Bertz CT molecular complexity index is 417. The van der Waals surface area contributed by atoms with Crippen LogP contribution in [-0.2, 0) is 22.9 Å². The van der Waals surface area contributed by atoms with Gasteiger partial charge in [-0.2, -0.15) is 0 Å². The molecular weight excluding hydrogens is 252 g/mol. The van der Waals surface area contributed by atoms with Crippen LogP contribution >= 0.6 is 0 Å². The molecule has 2 N–H and O–H groups in total. The Labute approximate surface area is 119 Å². The molecule has 2 aromatic carbocycles. The molecular formula is C16H20N2O2. The summed E-state index contributed by atoms with van der Waals surface area (Å²) in [7, 11) is 0. The van der Waals surface area contributed by atoms with Crippen molar-refractivity contribution in [2.75, 3.05) is 13.1 Å². The SMILES string of the molecule is c1ccc(CONCCNOCc2ccccc2)cc1. The number of rotatable bonds is 9. The summed E-state index contributed by atoms with van der Waals surface area (Å²) < 4.78 is 0. The molecule has 4 heteroatoms. The van der Waals surface area contributed by atoms with E-state index in [4.69, 9.17) is 9.68 Å². The molecule has 106 valence electrons. The van der Waals surface area contributed by atoms with Gasteiger partial charge in [0.25, 0.3) is 0 Å². The van der Waals surface area contributed by atoms with Gasteiger partial charge in [-0.1, -0.05) is 60.7 Å². The summed E-state index contributed by atoms with van der Waals surface area (Å²) in [5.74, 6) is 0. The van der Waals surface area contributed by atoms with Crippen molar-refractivity contribution >= 4 is 0 Å². The first-order valence-corrected chi connectivity index (χ1v) is 6.72. The van der Waals surface area contributed by atoms with E-state index in [1.165, 1.54) is 0 Å². The van der Waals surface area contributed by atoms with E-state index in [1.807, 2.05) is 60.7 Å². The molecule has 2 rings (SSSR count). The van der Waals surface area contributed by atoms with Gasteiger partial charge >= 0.3 is 0 Å². The fourth-order valence-corrected chi connectivity index (χ4v) is 1.66. The normalized spacial score (nSPS) is 10.6. The predicted molar refractivity (Wildman–Crippen MR) is 78.5 cm³/mol. The number of benzene rings is 2. The summed E-state index contributed by atoms with van der Waals surface area (Å²) in [6.45, 7) is 2.49. The summed E-state index contributed by atoms with van der Waals surface area (Å²) in [6.07, 6.45) is 0. The van der Waals surface area contributed by atoms with Crippen molar-refractivity contribution in [2.24, 2.45) is 0 Å². The van der Waals surface area contributed by atoms with Crippen molar-refractivity contribution in [3.8, 4) is 0 Å². The van der Waals surface area contributed by atoms with Gasteiger partial charge in [0.05, 0.1) is 13.2 Å². The van der Waals surface area contributed by atoms with Crippen LogP contribution in [0.15, 0.2) is 60.7 Å². The summed E-state index contributed by atoms with van der Waals surface area (Å²) in [5.41, 5.74) is 8.07. The maximum atomic E-state index is 5.34. The molecule has 4 nitrogen and oxygen atoms in total. The minimum absolute atomic E-state index is 0.561. The third kappa shape index (κ3) is 5.95. The van der Waals surface area contributed by atoms with E-state index in [1.54, 1.807) is 0 Å². The summed E-state index contributed by atoms with van der Waals surface area (Å²) in [4.78, 5) is 10.7. The molecule has 0 aliphatic heterocycles. The van der Waals surface area contributed by atoms with E-state index in [-0.39, 0.29) is 0 Å². The second kappa shape index (κ2) is 9.23. The Balaban J connectivity index is 1.44. The maximum Gasteiger partial charge on any atom is 0.0933 e.